The van der Waals surface area contributed by atoms with E-state index in [1.807, 2.05) is 6.07 Å². The average molecular weight is 269 g/mol. The van der Waals surface area contributed by atoms with Crippen molar-refractivity contribution < 1.29 is 9.50 Å². The highest BCUT2D eigenvalue weighted by Gasteiger charge is 2.10. The summed E-state index contributed by atoms with van der Waals surface area (Å²) in [4.78, 5) is 4.05. The summed E-state index contributed by atoms with van der Waals surface area (Å²) < 4.78 is 13.0. The van der Waals surface area contributed by atoms with Crippen LogP contribution in [0.25, 0.3) is 22.4 Å². The van der Waals surface area contributed by atoms with Crippen LogP contribution in [0, 0.1) is 5.82 Å². The molecule has 0 saturated heterocycles. The van der Waals surface area contributed by atoms with Crippen LogP contribution >= 0.6 is 0 Å². The first-order valence-electron chi connectivity index (χ1n) is 6.13. The van der Waals surface area contributed by atoms with Gasteiger partial charge in [0, 0.05) is 17.3 Å². The minimum atomic E-state index is -0.277. The highest BCUT2D eigenvalue weighted by atomic mass is 19.1. The molecule has 3 aromatic rings. The summed E-state index contributed by atoms with van der Waals surface area (Å²) in [5.41, 5.74) is 4.03. The van der Waals surface area contributed by atoms with Gasteiger partial charge in [0.15, 0.2) is 0 Å². The predicted octanol–water partition coefficient (Wildman–Crippen LogP) is 2.77. The number of aromatic nitrogens is 3. The Morgan fingerprint density at radius 3 is 2.65 bits per heavy atom. The average Bonchev–Trinajstić information content (AvgIpc) is 2.97. The number of aromatic amines is 1. The fourth-order valence-electron chi connectivity index (χ4n) is 2.07. The molecule has 2 heterocycles. The molecule has 5 heteroatoms. The van der Waals surface area contributed by atoms with Gasteiger partial charge >= 0.3 is 0 Å². The molecule has 2 aromatic heterocycles. The monoisotopic (exact) mass is 269 g/mol. The van der Waals surface area contributed by atoms with Crippen molar-refractivity contribution in [1.29, 1.82) is 0 Å². The molecule has 0 saturated carbocycles. The van der Waals surface area contributed by atoms with E-state index < -0.39 is 0 Å². The van der Waals surface area contributed by atoms with E-state index in [0.717, 1.165) is 22.4 Å². The molecular formula is C15H12FN3O. The number of halogens is 1. The summed E-state index contributed by atoms with van der Waals surface area (Å²) in [5.74, 6) is -0.277. The van der Waals surface area contributed by atoms with Crippen LogP contribution in [-0.4, -0.2) is 20.3 Å². The topological polar surface area (TPSA) is 61.8 Å². The zero-order valence-electron chi connectivity index (χ0n) is 10.5. The molecular weight excluding hydrogens is 257 g/mol. The van der Waals surface area contributed by atoms with E-state index in [2.05, 4.69) is 15.2 Å². The molecule has 0 unspecified atom stereocenters. The second kappa shape index (κ2) is 5.22. The maximum atomic E-state index is 13.0. The Balaban J connectivity index is 2.07. The van der Waals surface area contributed by atoms with Gasteiger partial charge in [0.25, 0.3) is 0 Å². The molecule has 2 N–H and O–H groups in total. The summed E-state index contributed by atoms with van der Waals surface area (Å²) in [6, 6.07) is 9.85. The third-order valence-corrected chi connectivity index (χ3v) is 3.06. The Morgan fingerprint density at radius 2 is 1.90 bits per heavy atom. The van der Waals surface area contributed by atoms with Crippen LogP contribution in [0.5, 0.6) is 0 Å². The van der Waals surface area contributed by atoms with E-state index in [9.17, 15) is 4.39 Å². The van der Waals surface area contributed by atoms with Crippen LogP contribution in [-0.2, 0) is 6.61 Å². The Kier molecular flexibility index (Phi) is 3.26. The fraction of sp³-hybridized carbons (Fsp3) is 0.0667. The zero-order valence-corrected chi connectivity index (χ0v) is 10.5. The van der Waals surface area contributed by atoms with Crippen molar-refractivity contribution in [2.75, 3.05) is 0 Å². The number of aliphatic hydroxyl groups is 1. The van der Waals surface area contributed by atoms with Crippen LogP contribution in [0.1, 0.15) is 5.69 Å². The van der Waals surface area contributed by atoms with Gasteiger partial charge in [-0.05, 0) is 42.0 Å². The highest BCUT2D eigenvalue weighted by Crippen LogP contribution is 2.30. The van der Waals surface area contributed by atoms with Gasteiger partial charge < -0.3 is 5.11 Å². The molecule has 0 aliphatic rings. The first-order chi connectivity index (χ1) is 9.78. The quantitative estimate of drug-likeness (QED) is 0.768. The van der Waals surface area contributed by atoms with Gasteiger partial charge in [0.1, 0.15) is 5.82 Å². The number of benzene rings is 1. The van der Waals surface area contributed by atoms with Gasteiger partial charge in [-0.15, -0.1) is 0 Å². The Labute approximate surface area is 114 Å². The second-order valence-corrected chi connectivity index (χ2v) is 4.36. The molecule has 0 aliphatic carbocycles. The van der Waals surface area contributed by atoms with E-state index in [0.29, 0.717) is 5.69 Å². The van der Waals surface area contributed by atoms with Crippen molar-refractivity contribution in [2.45, 2.75) is 6.61 Å². The number of hydrogen-bond acceptors (Lipinski definition) is 3. The fourth-order valence-corrected chi connectivity index (χ4v) is 2.07. The maximum Gasteiger partial charge on any atom is 0.123 e. The highest BCUT2D eigenvalue weighted by molar-refractivity contribution is 5.80. The van der Waals surface area contributed by atoms with E-state index in [-0.39, 0.29) is 12.4 Å². The Morgan fingerprint density at radius 1 is 1.10 bits per heavy atom. The summed E-state index contributed by atoms with van der Waals surface area (Å²) in [7, 11) is 0. The van der Waals surface area contributed by atoms with Gasteiger partial charge in [0.05, 0.1) is 24.2 Å². The first-order valence-corrected chi connectivity index (χ1v) is 6.13. The first kappa shape index (κ1) is 12.5. The SMILES string of the molecule is OCc1cc(-c2cn[nH]c2-c2ccc(F)cc2)ccn1. The van der Waals surface area contributed by atoms with Gasteiger partial charge in [-0.25, -0.2) is 4.39 Å². The zero-order chi connectivity index (χ0) is 13.9. The Bertz CT molecular complexity index is 722. The van der Waals surface area contributed by atoms with Crippen LogP contribution in [0.4, 0.5) is 4.39 Å². The molecule has 0 spiro atoms. The van der Waals surface area contributed by atoms with Crippen molar-refractivity contribution in [1.82, 2.24) is 15.2 Å². The van der Waals surface area contributed by atoms with Crippen LogP contribution in [0.15, 0.2) is 48.8 Å². The molecule has 20 heavy (non-hydrogen) atoms. The van der Waals surface area contributed by atoms with Crippen molar-refractivity contribution >= 4 is 0 Å². The van der Waals surface area contributed by atoms with E-state index >= 15 is 0 Å². The number of nitrogens with one attached hydrogen (secondary N) is 1. The van der Waals surface area contributed by atoms with Crippen LogP contribution < -0.4 is 0 Å². The summed E-state index contributed by atoms with van der Waals surface area (Å²) in [6.07, 6.45) is 3.34. The maximum absolute atomic E-state index is 13.0. The van der Waals surface area contributed by atoms with E-state index in [1.54, 1.807) is 30.6 Å². The summed E-state index contributed by atoms with van der Waals surface area (Å²) in [6.45, 7) is -0.114. The molecule has 0 bridgehead atoms. The normalized spacial score (nSPS) is 10.7. The molecule has 3 rings (SSSR count). The molecule has 0 radical (unpaired) electrons. The standard InChI is InChI=1S/C15H12FN3O/c16-12-3-1-10(2-4-12)15-14(8-18-19-15)11-5-6-17-13(7-11)9-20/h1-8,20H,9H2,(H,18,19). The number of nitrogens with zero attached hydrogens (tertiary/aromatic N) is 2. The largest absolute Gasteiger partial charge is 0.390 e. The lowest BCUT2D eigenvalue weighted by Gasteiger charge is -2.05. The van der Waals surface area contributed by atoms with Gasteiger partial charge in [-0.1, -0.05) is 0 Å². The van der Waals surface area contributed by atoms with Crippen LogP contribution in [0.3, 0.4) is 0 Å². The smallest absolute Gasteiger partial charge is 0.123 e. The van der Waals surface area contributed by atoms with Crippen LogP contribution in [0.2, 0.25) is 0 Å². The predicted molar refractivity (Wildman–Crippen MR) is 73.1 cm³/mol. The summed E-state index contributed by atoms with van der Waals surface area (Å²) in [5, 5.41) is 16.1. The number of rotatable bonds is 3. The molecule has 0 fully saturated rings. The lowest BCUT2D eigenvalue weighted by atomic mass is 10.0. The van der Waals surface area contributed by atoms with E-state index in [4.69, 9.17) is 5.11 Å². The number of pyridine rings is 1. The van der Waals surface area contributed by atoms with E-state index in [1.165, 1.54) is 12.1 Å². The second-order valence-electron chi connectivity index (χ2n) is 4.36. The van der Waals surface area contributed by atoms with Crippen molar-refractivity contribution in [3.8, 4) is 22.4 Å². The number of hydrogen-bond donors (Lipinski definition) is 2. The summed E-state index contributed by atoms with van der Waals surface area (Å²) >= 11 is 0. The van der Waals surface area contributed by atoms with Crippen molar-refractivity contribution in [2.24, 2.45) is 0 Å². The minimum absolute atomic E-state index is 0.114. The molecule has 0 aliphatic heterocycles. The molecule has 100 valence electrons. The minimum Gasteiger partial charge on any atom is -0.390 e. The van der Waals surface area contributed by atoms with Gasteiger partial charge in [-0.3, -0.25) is 10.1 Å². The lowest BCUT2D eigenvalue weighted by molar-refractivity contribution is 0.277. The number of H-pyrrole nitrogens is 1. The van der Waals surface area contributed by atoms with Crippen molar-refractivity contribution in [3.05, 3.63) is 60.3 Å². The van der Waals surface area contributed by atoms with Crippen molar-refractivity contribution in [3.63, 3.8) is 0 Å². The number of aliphatic hydroxyl groups excluding tert-OH is 1. The lowest BCUT2D eigenvalue weighted by Crippen LogP contribution is -1.90. The third-order valence-electron chi connectivity index (χ3n) is 3.06. The third kappa shape index (κ3) is 2.31. The molecule has 4 nitrogen and oxygen atoms in total. The van der Waals surface area contributed by atoms with Gasteiger partial charge in [0.2, 0.25) is 0 Å². The molecule has 0 atom stereocenters. The molecule has 1 aromatic carbocycles. The van der Waals surface area contributed by atoms with Gasteiger partial charge in [-0.2, -0.15) is 5.10 Å². The molecule has 0 amide bonds. The Hall–Kier alpha value is -2.53.